The summed E-state index contributed by atoms with van der Waals surface area (Å²) in [4.78, 5) is 0. The van der Waals surface area contributed by atoms with Crippen LogP contribution < -0.4 is 10.1 Å². The lowest BCUT2D eigenvalue weighted by Gasteiger charge is -2.28. The molecule has 1 atom stereocenters. The summed E-state index contributed by atoms with van der Waals surface area (Å²) in [5, 5.41) is 3.60. The summed E-state index contributed by atoms with van der Waals surface area (Å²) in [7, 11) is 0. The maximum Gasteiger partial charge on any atom is 0.119 e. The summed E-state index contributed by atoms with van der Waals surface area (Å²) in [6.45, 7) is 3.97. The van der Waals surface area contributed by atoms with E-state index in [-0.39, 0.29) is 0 Å². The van der Waals surface area contributed by atoms with Crippen LogP contribution in [0.5, 0.6) is 5.75 Å². The van der Waals surface area contributed by atoms with E-state index < -0.39 is 0 Å². The Morgan fingerprint density at radius 1 is 1.21 bits per heavy atom. The molecule has 19 heavy (non-hydrogen) atoms. The second kappa shape index (κ2) is 7.91. The standard InChI is InChI=1S/C16H24BrNO/c1-13(14-5-3-2-4-6-14)18-11-12-19-16-9-7-15(17)8-10-16/h7-10,13-14,18H,2-6,11-12H2,1H3/t13-/m0/s1. The minimum atomic E-state index is 0.619. The van der Waals surface area contributed by atoms with Crippen molar-refractivity contribution in [1.29, 1.82) is 0 Å². The molecule has 0 aromatic heterocycles. The number of halogens is 1. The molecule has 1 aromatic carbocycles. The smallest absolute Gasteiger partial charge is 0.119 e. The minimum Gasteiger partial charge on any atom is -0.492 e. The molecule has 0 amide bonds. The van der Waals surface area contributed by atoms with E-state index in [0.717, 1.165) is 29.3 Å². The maximum absolute atomic E-state index is 5.72. The van der Waals surface area contributed by atoms with Crippen molar-refractivity contribution < 1.29 is 4.74 Å². The molecule has 3 heteroatoms. The van der Waals surface area contributed by atoms with Gasteiger partial charge in [0.2, 0.25) is 0 Å². The maximum atomic E-state index is 5.72. The van der Waals surface area contributed by atoms with Gasteiger partial charge in [0.05, 0.1) is 0 Å². The van der Waals surface area contributed by atoms with E-state index in [4.69, 9.17) is 4.74 Å². The second-order valence-corrected chi connectivity index (χ2v) is 6.36. The summed E-state index contributed by atoms with van der Waals surface area (Å²) in [5.74, 6) is 1.80. The highest BCUT2D eigenvalue weighted by molar-refractivity contribution is 9.10. The van der Waals surface area contributed by atoms with Crippen LogP contribution in [0.25, 0.3) is 0 Å². The van der Waals surface area contributed by atoms with Gasteiger partial charge in [-0.2, -0.15) is 0 Å². The average molecular weight is 326 g/mol. The predicted molar refractivity (Wildman–Crippen MR) is 83.7 cm³/mol. The Morgan fingerprint density at radius 2 is 1.89 bits per heavy atom. The lowest BCUT2D eigenvalue weighted by Crippen LogP contribution is -2.37. The van der Waals surface area contributed by atoms with E-state index in [1.54, 1.807) is 0 Å². The first-order valence-electron chi connectivity index (χ1n) is 7.37. The molecule has 1 N–H and O–H groups in total. The largest absolute Gasteiger partial charge is 0.492 e. The van der Waals surface area contributed by atoms with Gasteiger partial charge in [0, 0.05) is 17.1 Å². The molecule has 1 fully saturated rings. The third kappa shape index (κ3) is 5.15. The van der Waals surface area contributed by atoms with Crippen LogP contribution in [0.2, 0.25) is 0 Å². The zero-order valence-electron chi connectivity index (χ0n) is 11.7. The molecule has 2 rings (SSSR count). The van der Waals surface area contributed by atoms with E-state index in [1.807, 2.05) is 24.3 Å². The fourth-order valence-corrected chi connectivity index (χ4v) is 3.05. The van der Waals surface area contributed by atoms with Gasteiger partial charge in [-0.1, -0.05) is 35.2 Å². The van der Waals surface area contributed by atoms with Crippen LogP contribution in [0.15, 0.2) is 28.7 Å². The molecule has 1 saturated carbocycles. The Balaban J connectivity index is 1.62. The van der Waals surface area contributed by atoms with E-state index >= 15 is 0 Å². The highest BCUT2D eigenvalue weighted by atomic mass is 79.9. The van der Waals surface area contributed by atoms with Crippen LogP contribution in [-0.4, -0.2) is 19.2 Å². The van der Waals surface area contributed by atoms with Gasteiger partial charge in [-0.05, 0) is 49.9 Å². The van der Waals surface area contributed by atoms with Gasteiger partial charge in [-0.3, -0.25) is 0 Å². The first kappa shape index (κ1) is 14.9. The number of nitrogens with one attached hydrogen (secondary N) is 1. The van der Waals surface area contributed by atoms with E-state index in [9.17, 15) is 0 Å². The molecule has 0 aliphatic heterocycles. The van der Waals surface area contributed by atoms with Gasteiger partial charge in [-0.25, -0.2) is 0 Å². The number of benzene rings is 1. The monoisotopic (exact) mass is 325 g/mol. The van der Waals surface area contributed by atoms with Crippen LogP contribution in [0, 0.1) is 5.92 Å². The van der Waals surface area contributed by atoms with E-state index in [2.05, 4.69) is 28.2 Å². The normalized spacial score (nSPS) is 18.2. The molecule has 0 unspecified atom stereocenters. The minimum absolute atomic E-state index is 0.619. The van der Waals surface area contributed by atoms with E-state index in [1.165, 1.54) is 32.1 Å². The molecule has 1 aromatic rings. The van der Waals surface area contributed by atoms with Gasteiger partial charge < -0.3 is 10.1 Å². The third-order valence-electron chi connectivity index (χ3n) is 4.01. The first-order chi connectivity index (χ1) is 9.25. The van der Waals surface area contributed by atoms with Crippen molar-refractivity contribution in [2.24, 2.45) is 5.92 Å². The average Bonchev–Trinajstić information content (AvgIpc) is 2.46. The van der Waals surface area contributed by atoms with Crippen molar-refractivity contribution in [3.8, 4) is 5.75 Å². The Morgan fingerprint density at radius 3 is 2.58 bits per heavy atom. The molecule has 0 bridgehead atoms. The molecule has 0 heterocycles. The third-order valence-corrected chi connectivity index (χ3v) is 4.54. The lowest BCUT2D eigenvalue weighted by atomic mass is 9.84. The van der Waals surface area contributed by atoms with Crippen LogP contribution in [0.3, 0.4) is 0 Å². The van der Waals surface area contributed by atoms with Gasteiger partial charge in [-0.15, -0.1) is 0 Å². The quantitative estimate of drug-likeness (QED) is 0.783. The fourth-order valence-electron chi connectivity index (χ4n) is 2.79. The summed E-state index contributed by atoms with van der Waals surface area (Å²) in [5.41, 5.74) is 0. The molecular weight excluding hydrogens is 302 g/mol. The highest BCUT2D eigenvalue weighted by Gasteiger charge is 2.19. The van der Waals surface area contributed by atoms with Gasteiger partial charge in [0.15, 0.2) is 0 Å². The van der Waals surface area contributed by atoms with Crippen LogP contribution in [0.1, 0.15) is 39.0 Å². The van der Waals surface area contributed by atoms with Crippen molar-refractivity contribution in [3.05, 3.63) is 28.7 Å². The first-order valence-corrected chi connectivity index (χ1v) is 8.17. The Kier molecular flexibility index (Phi) is 6.18. The number of ether oxygens (including phenoxy) is 1. The zero-order chi connectivity index (χ0) is 13.5. The summed E-state index contributed by atoms with van der Waals surface area (Å²) < 4.78 is 6.80. The van der Waals surface area contributed by atoms with Crippen LogP contribution >= 0.6 is 15.9 Å². The fraction of sp³-hybridized carbons (Fsp3) is 0.625. The molecule has 0 spiro atoms. The van der Waals surface area contributed by atoms with Crippen LogP contribution in [-0.2, 0) is 0 Å². The predicted octanol–water partition coefficient (Wildman–Crippen LogP) is 4.39. The molecule has 1 aliphatic rings. The van der Waals surface area contributed by atoms with Gasteiger partial charge in [0.1, 0.15) is 12.4 Å². The number of hydrogen-bond acceptors (Lipinski definition) is 2. The Hall–Kier alpha value is -0.540. The summed E-state index contributed by atoms with van der Waals surface area (Å²) >= 11 is 3.42. The summed E-state index contributed by atoms with van der Waals surface area (Å²) in [6.07, 6.45) is 7.03. The Bertz CT molecular complexity index is 360. The summed E-state index contributed by atoms with van der Waals surface area (Å²) in [6, 6.07) is 8.62. The molecule has 0 radical (unpaired) electrons. The van der Waals surface area contributed by atoms with Crippen molar-refractivity contribution in [1.82, 2.24) is 5.32 Å². The molecule has 2 nitrogen and oxygen atoms in total. The molecule has 1 aliphatic carbocycles. The number of hydrogen-bond donors (Lipinski definition) is 1. The lowest BCUT2D eigenvalue weighted by molar-refractivity contribution is 0.256. The highest BCUT2D eigenvalue weighted by Crippen LogP contribution is 2.26. The van der Waals surface area contributed by atoms with Gasteiger partial charge >= 0.3 is 0 Å². The SMILES string of the molecule is C[C@H](NCCOc1ccc(Br)cc1)C1CCCCC1. The topological polar surface area (TPSA) is 21.3 Å². The van der Waals surface area contributed by atoms with Crippen molar-refractivity contribution >= 4 is 15.9 Å². The van der Waals surface area contributed by atoms with Crippen molar-refractivity contribution in [3.63, 3.8) is 0 Å². The molecular formula is C16H24BrNO. The van der Waals surface area contributed by atoms with Gasteiger partial charge in [0.25, 0.3) is 0 Å². The zero-order valence-corrected chi connectivity index (χ0v) is 13.3. The second-order valence-electron chi connectivity index (χ2n) is 5.44. The number of rotatable bonds is 6. The Labute approximate surface area is 125 Å². The molecule has 0 saturated heterocycles. The van der Waals surface area contributed by atoms with Crippen molar-refractivity contribution in [2.45, 2.75) is 45.1 Å². The van der Waals surface area contributed by atoms with E-state index in [0.29, 0.717) is 6.04 Å². The molecule has 106 valence electrons. The van der Waals surface area contributed by atoms with Crippen molar-refractivity contribution in [2.75, 3.05) is 13.2 Å². The van der Waals surface area contributed by atoms with Crippen LogP contribution in [0.4, 0.5) is 0 Å².